The molecule has 15 nitrogen and oxygen atoms in total. The molecule has 0 unspecified atom stereocenters. The molecule has 4 aromatic rings. The Kier molecular flexibility index (Phi) is 30.1. The Morgan fingerprint density at radius 1 is 0.732 bits per heavy atom. The van der Waals surface area contributed by atoms with Gasteiger partial charge in [0.25, 0.3) is 6.21 Å². The fourth-order valence-corrected chi connectivity index (χ4v) is 10.5. The van der Waals surface area contributed by atoms with Crippen LogP contribution in [0, 0.1) is 11.1 Å². The molecule has 5 atom stereocenters. The van der Waals surface area contributed by atoms with Crippen LogP contribution in [0.4, 0.5) is 11.4 Å². The number of carbonyl (C=O) groups excluding carboxylic acids is 2. The van der Waals surface area contributed by atoms with E-state index < -0.39 is 28.6 Å². The number of fused-ring (bicyclic) bond motifs is 1. The molecular weight excluding hydrogens is 1060 g/mol. The molecule has 4 aromatic carbocycles. The number of aliphatic hydroxyl groups excluding tert-OH is 1. The van der Waals surface area contributed by atoms with Crippen molar-refractivity contribution in [3.63, 3.8) is 0 Å². The first-order valence-corrected chi connectivity index (χ1v) is 34.0. The molecule has 6 rings (SSSR count). The van der Waals surface area contributed by atoms with Crippen molar-refractivity contribution < 1.29 is 42.6 Å². The van der Waals surface area contributed by atoms with E-state index in [2.05, 4.69) is 187 Å². The van der Waals surface area contributed by atoms with Crippen molar-refractivity contribution in [1.82, 2.24) is 14.9 Å². The summed E-state index contributed by atoms with van der Waals surface area (Å²) in [5.74, 6) is -0.895. The highest BCUT2D eigenvalue weighted by Crippen LogP contribution is 2.42. The van der Waals surface area contributed by atoms with E-state index in [4.69, 9.17) is 23.5 Å². The minimum Gasteiger partial charge on any atom is -0.623 e. The van der Waals surface area contributed by atoms with Gasteiger partial charge in [-0.1, -0.05) is 153 Å². The van der Waals surface area contributed by atoms with Crippen LogP contribution in [-0.4, -0.2) is 159 Å². The number of carbonyl (C=O) groups is 2. The van der Waals surface area contributed by atoms with Gasteiger partial charge in [-0.3, -0.25) is 9.63 Å². The lowest BCUT2D eigenvalue weighted by molar-refractivity contribution is -0.469. The molecule has 0 spiro atoms. The lowest BCUT2D eigenvalue weighted by Gasteiger charge is -2.37. The van der Waals surface area contributed by atoms with Crippen molar-refractivity contribution in [2.24, 2.45) is 5.92 Å². The minimum atomic E-state index is -1.95. The van der Waals surface area contributed by atoms with Crippen molar-refractivity contribution in [2.45, 2.75) is 157 Å². The largest absolute Gasteiger partial charge is 0.623 e. The monoisotopic (exact) mass is 1170 g/mol. The van der Waals surface area contributed by atoms with Crippen molar-refractivity contribution in [1.29, 1.82) is 0 Å². The summed E-state index contributed by atoms with van der Waals surface area (Å²) in [6.45, 7) is 33.0. The third kappa shape index (κ3) is 23.8. The van der Waals surface area contributed by atoms with Crippen LogP contribution in [0.25, 0.3) is 0 Å². The molecule has 82 heavy (non-hydrogen) atoms. The molecule has 0 aliphatic carbocycles. The smallest absolute Gasteiger partial charge is 0.396 e. The quantitative estimate of drug-likeness (QED) is 0.0135. The maximum atomic E-state index is 12.9. The predicted octanol–water partition coefficient (Wildman–Crippen LogP) is 12.0. The van der Waals surface area contributed by atoms with Gasteiger partial charge in [0, 0.05) is 56.2 Å². The maximum Gasteiger partial charge on any atom is 0.396 e. The van der Waals surface area contributed by atoms with Gasteiger partial charge in [0.1, 0.15) is 18.2 Å². The van der Waals surface area contributed by atoms with Gasteiger partial charge >= 0.3 is 11.9 Å². The number of benzene rings is 4. The minimum absolute atomic E-state index is 0. The number of anilines is 2. The van der Waals surface area contributed by atoms with E-state index in [0.29, 0.717) is 24.5 Å². The van der Waals surface area contributed by atoms with Gasteiger partial charge in [-0.15, -0.1) is 0 Å². The first-order chi connectivity index (χ1) is 37.5. The lowest BCUT2D eigenvalue weighted by atomic mass is 9.93. The predicted molar refractivity (Wildman–Crippen MR) is 344 cm³/mol. The molecule has 2 saturated heterocycles. The lowest BCUT2D eigenvalue weighted by Crippen LogP contribution is -2.44. The molecule has 0 amide bonds. The van der Waals surface area contributed by atoms with Crippen molar-refractivity contribution in [2.75, 3.05) is 84.5 Å². The topological polar surface area (TPSA) is 143 Å². The standard InChI is InChI=1S/C31H47N3O4Si.C21H27N3O3.C11H24O2Si.2CH4/c1-23-28-27(22-36-39(7,8)31(2,3)4)38-34(29(28)30(35)37-23)21-25-15-12-16-26(19-25)33(18-17-32(5)6)20-24-13-10-9-11-14-24;1-22(2)12-13-23(15-18-8-5-4-6-9-18)20-11-7-10-19(14-20)16-24(26)17-21(25)27-3;1-10(12)8-7-9-13-14(5,6)11(2,3)4;;/h9-16,19,23,27-29H,17-18,20-22H2,1-8H3;4-11,14,17H,12-13,15-16H2,1-3H3;7-8,10,12H,9H2,1-6H3;2*1H4/b;24-17-;8-7-;;/t23-,27-,28+,29-;;10-;;/m0.0../s1. The van der Waals surface area contributed by atoms with E-state index >= 15 is 0 Å². The number of ether oxygens (including phenoxy) is 2. The highest BCUT2D eigenvalue weighted by atomic mass is 28.4. The number of likely N-dealkylation sites (N-methyl/N-ethyl adjacent to an activating group) is 2. The van der Waals surface area contributed by atoms with E-state index in [1.165, 1.54) is 18.2 Å². The van der Waals surface area contributed by atoms with Crippen LogP contribution in [0.1, 0.15) is 92.5 Å². The number of hydroxylamine groups is 3. The third-order valence-corrected chi connectivity index (χ3v) is 24.4. The summed E-state index contributed by atoms with van der Waals surface area (Å²) in [5.41, 5.74) is 6.66. The number of esters is 2. The Bertz CT molecular complexity index is 2550. The van der Waals surface area contributed by atoms with Gasteiger partial charge < -0.3 is 48.2 Å². The summed E-state index contributed by atoms with van der Waals surface area (Å²) < 4.78 is 23.2. The zero-order chi connectivity index (χ0) is 59.4. The highest BCUT2D eigenvalue weighted by molar-refractivity contribution is 6.74. The summed E-state index contributed by atoms with van der Waals surface area (Å²) >= 11 is 0. The molecule has 458 valence electrons. The molecule has 2 aliphatic rings. The second-order valence-electron chi connectivity index (χ2n) is 24.7. The number of hydrogen-bond acceptors (Lipinski definition) is 14. The van der Waals surface area contributed by atoms with Crippen molar-refractivity contribution in [3.05, 3.63) is 149 Å². The zero-order valence-corrected chi connectivity index (χ0v) is 53.5. The van der Waals surface area contributed by atoms with E-state index in [9.17, 15) is 14.8 Å². The van der Waals surface area contributed by atoms with E-state index in [1.807, 2.05) is 60.5 Å². The Labute approximate surface area is 497 Å². The van der Waals surface area contributed by atoms with Gasteiger partial charge in [0.2, 0.25) is 0 Å². The zero-order valence-electron chi connectivity index (χ0n) is 51.5. The average Bonchev–Trinajstić information content (AvgIpc) is 3.71. The summed E-state index contributed by atoms with van der Waals surface area (Å²) in [5, 5.41) is 23.1. The number of aliphatic hydroxyl groups is 1. The van der Waals surface area contributed by atoms with E-state index in [1.54, 1.807) is 13.0 Å². The Balaban J connectivity index is 0.000000464. The summed E-state index contributed by atoms with van der Waals surface area (Å²) in [4.78, 5) is 39.6. The number of cyclic esters (lactones) is 1. The molecule has 0 radical (unpaired) electrons. The van der Waals surface area contributed by atoms with Crippen LogP contribution in [0.3, 0.4) is 0 Å². The molecule has 0 bridgehead atoms. The van der Waals surface area contributed by atoms with Crippen LogP contribution >= 0.6 is 0 Å². The van der Waals surface area contributed by atoms with Gasteiger partial charge in [0.15, 0.2) is 23.2 Å². The molecule has 2 aliphatic heterocycles. The molecule has 1 N–H and O–H groups in total. The molecule has 17 heteroatoms. The molecular formula is C65H106N6O9Si2. The fourth-order valence-electron chi connectivity index (χ4n) is 8.51. The second kappa shape index (κ2) is 33.9. The van der Waals surface area contributed by atoms with Crippen LogP contribution in [0.2, 0.25) is 36.3 Å². The molecule has 2 fully saturated rings. The highest BCUT2D eigenvalue weighted by Gasteiger charge is 2.57. The summed E-state index contributed by atoms with van der Waals surface area (Å²) in [6, 6.07) is 36.9. The molecule has 0 saturated carbocycles. The van der Waals surface area contributed by atoms with E-state index in [0.717, 1.165) is 68.0 Å². The van der Waals surface area contributed by atoms with Crippen LogP contribution in [0.5, 0.6) is 0 Å². The summed E-state index contributed by atoms with van der Waals surface area (Å²) in [7, 11) is 5.99. The number of hydrogen-bond donors (Lipinski definition) is 1. The van der Waals surface area contributed by atoms with Crippen molar-refractivity contribution in [3.8, 4) is 0 Å². The number of methoxy groups -OCH3 is 1. The number of rotatable bonds is 24. The fraction of sp³-hybridized carbons (Fsp3) is 0.554. The average molecular weight is 1170 g/mol. The van der Waals surface area contributed by atoms with Crippen LogP contribution < -0.4 is 9.80 Å². The molecule has 2 heterocycles. The first kappa shape index (κ1) is 72.9. The Morgan fingerprint density at radius 2 is 1.20 bits per heavy atom. The van der Waals surface area contributed by atoms with Crippen molar-refractivity contribution >= 4 is 46.2 Å². The first-order valence-electron chi connectivity index (χ1n) is 28.2. The summed E-state index contributed by atoms with van der Waals surface area (Å²) in [6.07, 6.45) is 3.79. The maximum absolute atomic E-state index is 12.9. The van der Waals surface area contributed by atoms with E-state index in [-0.39, 0.29) is 61.7 Å². The van der Waals surface area contributed by atoms with Crippen LogP contribution in [-0.2, 0) is 58.9 Å². The third-order valence-electron chi connectivity index (χ3n) is 15.4. The van der Waals surface area contributed by atoms with Gasteiger partial charge in [0.05, 0.1) is 38.9 Å². The molecule has 0 aromatic heterocycles. The van der Waals surface area contributed by atoms with Gasteiger partial charge in [-0.2, -0.15) is 5.06 Å². The number of nitrogens with zero attached hydrogens (tertiary/aromatic N) is 6. The van der Waals surface area contributed by atoms with Gasteiger partial charge in [-0.25, -0.2) is 9.53 Å². The Hall–Kier alpha value is -5.22. The van der Waals surface area contributed by atoms with Crippen LogP contribution in [0.15, 0.2) is 121 Å². The van der Waals surface area contributed by atoms with Gasteiger partial charge in [-0.05, 0) is 119 Å². The second-order valence-corrected chi connectivity index (χ2v) is 34.3. The normalized spacial score (nSPS) is 17.9. The Morgan fingerprint density at radius 3 is 1.66 bits per heavy atom. The SMILES string of the molecule is C.C.COC(=O)/C=[N+](\[O-])Cc1cccc(N(CCN(C)C)Cc2ccccc2)c1.C[C@@H]1OC(=O)[C@@H]2[C@H]1[C@H](CO[Si](C)(C)C(C)(C)C)ON2Cc1cccc(N(CCN(C)C)Cc2ccccc2)c1.C[C@H](O)/C=C\CO[Si](C)(C)C(C)(C)C.